The van der Waals surface area contributed by atoms with E-state index in [0.29, 0.717) is 11.6 Å². The van der Waals surface area contributed by atoms with E-state index in [-0.39, 0.29) is 12.2 Å². The summed E-state index contributed by atoms with van der Waals surface area (Å²) in [4.78, 5) is 23.6. The van der Waals surface area contributed by atoms with Crippen LogP contribution in [0.5, 0.6) is 0 Å². The summed E-state index contributed by atoms with van der Waals surface area (Å²) in [5.41, 5.74) is 0.304. The molecular weight excluding hydrogens is 405 g/mol. The Morgan fingerprint density at radius 2 is 1.82 bits per heavy atom. The number of carbonyl (C=O) groups is 2. The fourth-order valence-corrected chi connectivity index (χ4v) is 2.32. The lowest BCUT2D eigenvalue weighted by Gasteiger charge is -2.08. The van der Waals surface area contributed by atoms with E-state index in [1.807, 2.05) is 22.6 Å². The summed E-state index contributed by atoms with van der Waals surface area (Å²) in [5, 5.41) is 4.70. The van der Waals surface area contributed by atoms with Crippen LogP contribution in [0.3, 0.4) is 0 Å². The molecule has 0 aliphatic carbocycles. The summed E-state index contributed by atoms with van der Waals surface area (Å²) < 4.78 is 26.9. The lowest BCUT2D eigenvalue weighted by molar-refractivity contribution is -0.115. The van der Waals surface area contributed by atoms with Crippen molar-refractivity contribution < 1.29 is 18.4 Å². The molecule has 0 saturated heterocycles. The molecule has 2 amide bonds. The molecule has 7 heteroatoms. The maximum absolute atomic E-state index is 13.4. The van der Waals surface area contributed by atoms with Gasteiger partial charge in [0.1, 0.15) is 11.6 Å². The molecule has 0 atom stereocenters. The van der Waals surface area contributed by atoms with Crippen molar-refractivity contribution in [3.63, 3.8) is 0 Å². The van der Waals surface area contributed by atoms with E-state index >= 15 is 0 Å². The average Bonchev–Trinajstić information content (AvgIpc) is 2.48. The second-order valence-electron chi connectivity index (χ2n) is 4.33. The molecule has 22 heavy (non-hydrogen) atoms. The van der Waals surface area contributed by atoms with E-state index in [9.17, 15) is 18.4 Å². The van der Waals surface area contributed by atoms with Crippen LogP contribution in [0, 0.1) is 15.2 Å². The number of hydrogen-bond acceptors (Lipinski definition) is 2. The Hall–Kier alpha value is -2.03. The van der Waals surface area contributed by atoms with Crippen molar-refractivity contribution in [3.8, 4) is 0 Å². The standard InChI is InChI=1S/C15H11F2IN2O2/c16-9-5-6-13(11(17)7-9)20-14(21)8-19-15(22)10-3-1-2-4-12(10)18/h1-7H,8H2,(H,19,22)(H,20,21). The third-order valence-corrected chi connectivity index (χ3v) is 3.67. The van der Waals surface area contributed by atoms with Gasteiger partial charge in [0, 0.05) is 9.64 Å². The van der Waals surface area contributed by atoms with Gasteiger partial charge in [-0.25, -0.2) is 8.78 Å². The normalized spacial score (nSPS) is 10.1. The molecule has 0 bridgehead atoms. The molecule has 2 aromatic rings. The highest BCUT2D eigenvalue weighted by molar-refractivity contribution is 14.1. The predicted octanol–water partition coefficient (Wildman–Crippen LogP) is 2.94. The monoisotopic (exact) mass is 416 g/mol. The van der Waals surface area contributed by atoms with E-state index < -0.39 is 23.4 Å². The molecular formula is C15H11F2IN2O2. The van der Waals surface area contributed by atoms with Crippen LogP contribution in [-0.2, 0) is 4.79 Å². The summed E-state index contributed by atoms with van der Waals surface area (Å²) in [6.45, 7) is -0.319. The molecule has 0 spiro atoms. The first kappa shape index (κ1) is 16.3. The fourth-order valence-electron chi connectivity index (χ4n) is 1.69. The van der Waals surface area contributed by atoms with Crippen molar-refractivity contribution in [2.75, 3.05) is 11.9 Å². The number of halogens is 3. The summed E-state index contributed by atoms with van der Waals surface area (Å²) in [7, 11) is 0. The second-order valence-corrected chi connectivity index (χ2v) is 5.50. The Labute approximate surface area is 139 Å². The van der Waals surface area contributed by atoms with Gasteiger partial charge in [-0.15, -0.1) is 0 Å². The molecule has 0 aliphatic rings. The zero-order valence-electron chi connectivity index (χ0n) is 11.2. The van der Waals surface area contributed by atoms with Crippen LogP contribution < -0.4 is 10.6 Å². The van der Waals surface area contributed by atoms with Gasteiger partial charge in [-0.05, 0) is 46.9 Å². The molecule has 0 aromatic heterocycles. The Morgan fingerprint density at radius 1 is 1.09 bits per heavy atom. The van der Waals surface area contributed by atoms with E-state index in [4.69, 9.17) is 0 Å². The van der Waals surface area contributed by atoms with Crippen LogP contribution in [0.15, 0.2) is 42.5 Å². The third-order valence-electron chi connectivity index (χ3n) is 2.73. The van der Waals surface area contributed by atoms with Crippen LogP contribution in [-0.4, -0.2) is 18.4 Å². The topological polar surface area (TPSA) is 58.2 Å². The van der Waals surface area contributed by atoms with E-state index in [2.05, 4.69) is 10.6 Å². The fraction of sp³-hybridized carbons (Fsp3) is 0.0667. The quantitative estimate of drug-likeness (QED) is 0.754. The number of amides is 2. The third kappa shape index (κ3) is 4.23. The van der Waals surface area contributed by atoms with Gasteiger partial charge in [-0.1, -0.05) is 12.1 Å². The van der Waals surface area contributed by atoms with Gasteiger partial charge in [0.05, 0.1) is 17.8 Å². The molecule has 114 valence electrons. The SMILES string of the molecule is O=C(CNC(=O)c1ccccc1I)Nc1ccc(F)cc1F. The average molecular weight is 416 g/mol. The highest BCUT2D eigenvalue weighted by Crippen LogP contribution is 2.14. The smallest absolute Gasteiger partial charge is 0.252 e. The van der Waals surface area contributed by atoms with Crippen LogP contribution >= 0.6 is 22.6 Å². The number of anilines is 1. The molecule has 2 N–H and O–H groups in total. The minimum absolute atomic E-state index is 0.144. The number of nitrogens with one attached hydrogen (secondary N) is 2. The van der Waals surface area contributed by atoms with Crippen molar-refractivity contribution in [1.82, 2.24) is 5.32 Å². The van der Waals surface area contributed by atoms with Crippen molar-refractivity contribution in [2.45, 2.75) is 0 Å². The van der Waals surface area contributed by atoms with Gasteiger partial charge in [0.25, 0.3) is 5.91 Å². The van der Waals surface area contributed by atoms with Gasteiger partial charge in [-0.2, -0.15) is 0 Å². The zero-order chi connectivity index (χ0) is 16.1. The van der Waals surface area contributed by atoms with Gasteiger partial charge < -0.3 is 10.6 Å². The Morgan fingerprint density at radius 3 is 2.50 bits per heavy atom. The second kappa shape index (κ2) is 7.30. The van der Waals surface area contributed by atoms with Crippen LogP contribution in [0.1, 0.15) is 10.4 Å². The van der Waals surface area contributed by atoms with Gasteiger partial charge in [-0.3, -0.25) is 9.59 Å². The molecule has 0 aliphatic heterocycles. The van der Waals surface area contributed by atoms with Crippen LogP contribution in [0.2, 0.25) is 0 Å². The lowest BCUT2D eigenvalue weighted by Crippen LogP contribution is -2.33. The summed E-state index contributed by atoms with van der Waals surface area (Å²) in [6, 6.07) is 9.72. The lowest BCUT2D eigenvalue weighted by atomic mass is 10.2. The minimum Gasteiger partial charge on any atom is -0.343 e. The van der Waals surface area contributed by atoms with E-state index in [1.165, 1.54) is 0 Å². The number of hydrogen-bond donors (Lipinski definition) is 2. The first-order valence-electron chi connectivity index (χ1n) is 6.25. The first-order valence-corrected chi connectivity index (χ1v) is 7.33. The molecule has 2 rings (SSSR count). The van der Waals surface area contributed by atoms with Crippen molar-refractivity contribution in [2.24, 2.45) is 0 Å². The number of benzene rings is 2. The summed E-state index contributed by atoms with van der Waals surface area (Å²) in [5.74, 6) is -2.62. The molecule has 0 fully saturated rings. The molecule has 0 heterocycles. The molecule has 2 aromatic carbocycles. The zero-order valence-corrected chi connectivity index (χ0v) is 13.4. The molecule has 4 nitrogen and oxygen atoms in total. The molecule has 0 radical (unpaired) electrons. The minimum atomic E-state index is -0.878. The van der Waals surface area contributed by atoms with Crippen molar-refractivity contribution in [3.05, 3.63) is 63.2 Å². The van der Waals surface area contributed by atoms with E-state index in [0.717, 1.165) is 15.7 Å². The Bertz CT molecular complexity index is 722. The maximum atomic E-state index is 13.4. The van der Waals surface area contributed by atoms with E-state index in [1.54, 1.807) is 24.3 Å². The van der Waals surface area contributed by atoms with Gasteiger partial charge >= 0.3 is 0 Å². The highest BCUT2D eigenvalue weighted by atomic mass is 127. The summed E-state index contributed by atoms with van der Waals surface area (Å²) >= 11 is 2.01. The largest absolute Gasteiger partial charge is 0.343 e. The maximum Gasteiger partial charge on any atom is 0.252 e. The molecule has 0 unspecified atom stereocenters. The number of rotatable bonds is 4. The van der Waals surface area contributed by atoms with Crippen molar-refractivity contribution >= 4 is 40.1 Å². The Balaban J connectivity index is 1.93. The Kier molecular flexibility index (Phi) is 5.42. The molecule has 0 saturated carbocycles. The summed E-state index contributed by atoms with van der Waals surface area (Å²) in [6.07, 6.45) is 0. The predicted molar refractivity (Wildman–Crippen MR) is 86.5 cm³/mol. The van der Waals surface area contributed by atoms with Crippen LogP contribution in [0.4, 0.5) is 14.5 Å². The van der Waals surface area contributed by atoms with Crippen LogP contribution in [0.25, 0.3) is 0 Å². The number of carbonyl (C=O) groups excluding carboxylic acids is 2. The first-order chi connectivity index (χ1) is 10.5. The van der Waals surface area contributed by atoms with Crippen molar-refractivity contribution in [1.29, 1.82) is 0 Å². The van der Waals surface area contributed by atoms with Gasteiger partial charge in [0.15, 0.2) is 0 Å². The highest BCUT2D eigenvalue weighted by Gasteiger charge is 2.12. The van der Waals surface area contributed by atoms with Gasteiger partial charge in [0.2, 0.25) is 5.91 Å².